The maximum Gasteiger partial charge on any atom is 0.187 e. The van der Waals surface area contributed by atoms with Crippen LogP contribution >= 0.6 is 0 Å². The molecule has 8 aliphatic rings. The molecular weight excluding hydrogens is 1110 g/mol. The normalized spacial score (nSPS) is 51.6. The van der Waals surface area contributed by atoms with Crippen LogP contribution < -0.4 is 0 Å². The summed E-state index contributed by atoms with van der Waals surface area (Å²) in [6.07, 6.45) is -54.2. The molecule has 34 unspecified atom stereocenters. The van der Waals surface area contributed by atoms with E-state index in [1.165, 1.54) is 25.7 Å². The first-order valence-corrected chi connectivity index (χ1v) is 26.9. The van der Waals surface area contributed by atoms with Gasteiger partial charge in [0, 0.05) is 5.92 Å². The van der Waals surface area contributed by atoms with Gasteiger partial charge in [-0.2, -0.15) is 0 Å². The molecule has 1 aliphatic carbocycles. The first-order valence-electron chi connectivity index (χ1n) is 26.9. The molecule has 0 aromatic carbocycles. The highest BCUT2D eigenvalue weighted by Crippen LogP contribution is 2.39. The van der Waals surface area contributed by atoms with E-state index in [0.717, 1.165) is 0 Å². The van der Waals surface area contributed by atoms with Gasteiger partial charge in [-0.05, 0) is 6.42 Å². The standard InChI is InChI=1S/C43H74O34.C4H8/c44-2-13-10(1-12-22(54)25(57)35(16(5-47)67-12)74-42-32(64)28(60)37(18(7-49)71-42)76-40-30(62)24(56)23(55)14(3-45)69-40)20(52)29(61)39(68-13)75-36-17(6-48)72-43(33(65)27(36)59)77-38-19(8-50)70-41(31(63)26(38)58)73-34-15(4-46)66-9-11(51)21(34)53;1-2-4-3-1/h10-65H,1-9H2;1-4H2. The van der Waals surface area contributed by atoms with E-state index in [9.17, 15) is 112 Å². The average molecular weight is 1190 g/mol. The monoisotopic (exact) mass is 1190 g/mol. The summed E-state index contributed by atoms with van der Waals surface area (Å²) in [7, 11) is 0. The van der Waals surface area contributed by atoms with Crippen LogP contribution in [0.25, 0.3) is 0 Å². The number of hydrogen-bond donors (Lipinski definition) is 22. The van der Waals surface area contributed by atoms with Crippen molar-refractivity contribution in [3.8, 4) is 0 Å². The van der Waals surface area contributed by atoms with E-state index in [-0.39, 0.29) is 6.61 Å². The summed E-state index contributed by atoms with van der Waals surface area (Å²) >= 11 is 0. The lowest BCUT2D eigenvalue weighted by Gasteiger charge is -2.50. The van der Waals surface area contributed by atoms with E-state index >= 15 is 0 Å². The van der Waals surface area contributed by atoms with Crippen LogP contribution in [-0.2, 0) is 56.8 Å². The first kappa shape index (κ1) is 67.2. The smallest absolute Gasteiger partial charge is 0.187 e. The summed E-state index contributed by atoms with van der Waals surface area (Å²) in [4.78, 5) is 0. The molecule has 8 fully saturated rings. The van der Waals surface area contributed by atoms with E-state index in [2.05, 4.69) is 0 Å². The van der Waals surface area contributed by atoms with Gasteiger partial charge in [0.05, 0.1) is 71.2 Å². The number of rotatable bonds is 19. The van der Waals surface area contributed by atoms with Crippen molar-refractivity contribution in [2.75, 3.05) is 52.9 Å². The topological polar surface area (TPSA) is 556 Å². The van der Waals surface area contributed by atoms with Crippen molar-refractivity contribution in [1.82, 2.24) is 0 Å². The van der Waals surface area contributed by atoms with Gasteiger partial charge >= 0.3 is 0 Å². The molecule has 34 heteroatoms. The Hall–Kier alpha value is -1.36. The molecule has 8 rings (SSSR count). The van der Waals surface area contributed by atoms with Gasteiger partial charge < -0.3 is 169 Å². The lowest BCUT2D eigenvalue weighted by Crippen LogP contribution is -2.67. The lowest BCUT2D eigenvalue weighted by molar-refractivity contribution is -0.384. The fraction of sp³-hybridized carbons (Fsp3) is 1.00. The minimum Gasteiger partial charge on any atom is -0.394 e. The molecule has 0 aromatic rings. The van der Waals surface area contributed by atoms with Crippen LogP contribution in [-0.4, -0.2) is 368 Å². The molecule has 0 aromatic heterocycles. The highest BCUT2D eigenvalue weighted by Gasteiger charge is 2.58. The Bertz CT molecular complexity index is 1830. The van der Waals surface area contributed by atoms with Crippen molar-refractivity contribution in [1.29, 1.82) is 0 Å². The molecule has 34 atom stereocenters. The number of aliphatic hydroxyl groups is 22. The summed E-state index contributed by atoms with van der Waals surface area (Å²) in [6, 6.07) is 0. The van der Waals surface area contributed by atoms with Crippen LogP contribution in [0, 0.1) is 5.92 Å². The van der Waals surface area contributed by atoms with E-state index in [0.29, 0.717) is 0 Å². The zero-order valence-electron chi connectivity index (χ0n) is 43.6. The number of ether oxygens (including phenoxy) is 12. The fourth-order valence-electron chi connectivity index (χ4n) is 10.7. The quantitative estimate of drug-likeness (QED) is 0.0571. The van der Waals surface area contributed by atoms with Crippen LogP contribution in [0.4, 0.5) is 0 Å². The third kappa shape index (κ3) is 14.6. The lowest BCUT2D eigenvalue weighted by atomic mass is 9.81. The van der Waals surface area contributed by atoms with Crippen molar-refractivity contribution >= 4 is 0 Å². The molecule has 1 saturated carbocycles. The predicted molar refractivity (Wildman–Crippen MR) is 252 cm³/mol. The van der Waals surface area contributed by atoms with Gasteiger partial charge in [0.15, 0.2) is 31.5 Å². The first-order chi connectivity index (χ1) is 38.6. The molecule has 7 heterocycles. The number of aliphatic hydroxyl groups excluding tert-OH is 22. The molecule has 7 aliphatic heterocycles. The summed E-state index contributed by atoms with van der Waals surface area (Å²) in [5.74, 6) is -1.39. The van der Waals surface area contributed by atoms with E-state index in [1.54, 1.807) is 0 Å². The van der Waals surface area contributed by atoms with Crippen LogP contribution in [0.3, 0.4) is 0 Å². The maximum absolute atomic E-state index is 11.4. The molecule has 0 spiro atoms. The Labute approximate surface area is 461 Å². The summed E-state index contributed by atoms with van der Waals surface area (Å²) in [6.45, 7) is -6.69. The Morgan fingerprint density at radius 3 is 0.901 bits per heavy atom. The Balaban J connectivity index is 0.00000226. The van der Waals surface area contributed by atoms with Crippen LogP contribution in [0.15, 0.2) is 0 Å². The molecule has 81 heavy (non-hydrogen) atoms. The SMILES string of the molecule is C1CCC1.OCC1OC(OC2C(CO)OC(OC3C(CO)OC(CC4C(CO)OC(OC5C(CO)OC(OC6C(CO)OC(OC7C(CO)OCC(O)C7O)C(O)C6O)C(O)C5O)C(O)C4O)C(O)C3O)C(O)C2O)C(O)C(O)C1O. The van der Waals surface area contributed by atoms with Crippen molar-refractivity contribution in [3.05, 3.63) is 0 Å². The Kier molecular flexibility index (Phi) is 24.9. The van der Waals surface area contributed by atoms with Gasteiger partial charge in [0.25, 0.3) is 0 Å². The number of hydrogen-bond acceptors (Lipinski definition) is 34. The van der Waals surface area contributed by atoms with E-state index < -0.39 is 261 Å². The Morgan fingerprint density at radius 1 is 0.259 bits per heavy atom. The van der Waals surface area contributed by atoms with Gasteiger partial charge in [0.1, 0.15) is 153 Å². The highest BCUT2D eigenvalue weighted by atomic mass is 16.8. The molecule has 22 N–H and O–H groups in total. The fourth-order valence-corrected chi connectivity index (χ4v) is 10.7. The largest absolute Gasteiger partial charge is 0.394 e. The van der Waals surface area contributed by atoms with Crippen molar-refractivity contribution in [2.45, 2.75) is 234 Å². The van der Waals surface area contributed by atoms with Gasteiger partial charge in [0.2, 0.25) is 0 Å². The average Bonchev–Trinajstić information content (AvgIpc) is 3.48. The van der Waals surface area contributed by atoms with Crippen LogP contribution in [0.5, 0.6) is 0 Å². The molecule has 0 radical (unpaired) electrons. The van der Waals surface area contributed by atoms with E-state index in [1.807, 2.05) is 0 Å². The summed E-state index contributed by atoms with van der Waals surface area (Å²) < 4.78 is 67.2. The molecule has 7 saturated heterocycles. The molecule has 474 valence electrons. The van der Waals surface area contributed by atoms with E-state index in [4.69, 9.17) is 56.8 Å². The van der Waals surface area contributed by atoms with Crippen LogP contribution in [0.2, 0.25) is 0 Å². The van der Waals surface area contributed by atoms with Gasteiger partial charge in [-0.25, -0.2) is 0 Å². The van der Waals surface area contributed by atoms with Crippen molar-refractivity contribution in [3.63, 3.8) is 0 Å². The third-order valence-electron chi connectivity index (χ3n) is 16.0. The van der Waals surface area contributed by atoms with Gasteiger partial charge in [-0.3, -0.25) is 0 Å². The Morgan fingerprint density at radius 2 is 0.543 bits per heavy atom. The minimum atomic E-state index is -2.15. The zero-order chi connectivity index (χ0) is 59.3. The second-order valence-corrected chi connectivity index (χ2v) is 21.3. The summed E-state index contributed by atoms with van der Waals surface area (Å²) in [5, 5.41) is 234. The second-order valence-electron chi connectivity index (χ2n) is 21.3. The predicted octanol–water partition coefficient (Wildman–Crippen LogP) is -13.4. The van der Waals surface area contributed by atoms with Crippen molar-refractivity contribution in [2.24, 2.45) is 5.92 Å². The molecule has 34 nitrogen and oxygen atoms in total. The zero-order valence-corrected chi connectivity index (χ0v) is 43.6. The molecule has 0 bridgehead atoms. The van der Waals surface area contributed by atoms with Crippen LogP contribution in [0.1, 0.15) is 32.1 Å². The highest BCUT2D eigenvalue weighted by molar-refractivity contribution is 5.02. The van der Waals surface area contributed by atoms with Gasteiger partial charge in [-0.15, -0.1) is 0 Å². The molecular formula is C47H82O34. The maximum atomic E-state index is 11.4. The minimum absolute atomic E-state index is 0.363. The van der Waals surface area contributed by atoms with Crippen molar-refractivity contribution < 1.29 is 169 Å². The van der Waals surface area contributed by atoms with Gasteiger partial charge in [-0.1, -0.05) is 25.7 Å². The summed E-state index contributed by atoms with van der Waals surface area (Å²) in [5.41, 5.74) is 0. The molecule has 0 amide bonds. The third-order valence-corrected chi connectivity index (χ3v) is 16.0. The second kappa shape index (κ2) is 30.0.